The Hall–Kier alpha value is -9.92. The lowest BCUT2D eigenvalue weighted by molar-refractivity contribution is 0.497. The zero-order valence-electron chi connectivity index (χ0n) is 45.4. The number of benzene rings is 11. The Morgan fingerprint density at radius 2 is 0.807 bits per heavy atom. The fourth-order valence-corrected chi connectivity index (χ4v) is 13.8. The van der Waals surface area contributed by atoms with Gasteiger partial charge in [0.25, 0.3) is 0 Å². The summed E-state index contributed by atoms with van der Waals surface area (Å²) >= 11 is 0. The van der Waals surface area contributed by atoms with E-state index in [1.165, 1.54) is 9.80 Å². The van der Waals surface area contributed by atoms with E-state index in [4.69, 9.17) is 0 Å². The van der Waals surface area contributed by atoms with E-state index in [1.807, 2.05) is 98.8 Å². The zero-order valence-corrected chi connectivity index (χ0v) is 45.4. The smallest absolute Gasteiger partial charge is 0.185 e. The molecule has 0 bridgehead atoms. The number of rotatable bonds is 11. The number of halogens is 6. The second-order valence-corrected chi connectivity index (χ2v) is 21.8. The summed E-state index contributed by atoms with van der Waals surface area (Å²) in [7, 11) is 0. The van der Waals surface area contributed by atoms with Crippen LogP contribution in [0.3, 0.4) is 0 Å². The molecule has 14 rings (SSSR count). The Kier molecular flexibility index (Phi) is 11.8. The Balaban J connectivity index is 1.01. The zero-order chi connectivity index (χ0) is 57.2. The van der Waals surface area contributed by atoms with Crippen LogP contribution in [0.15, 0.2) is 225 Å². The van der Waals surface area contributed by atoms with Crippen molar-refractivity contribution in [2.45, 2.75) is 31.6 Å². The van der Waals surface area contributed by atoms with Crippen LogP contribution in [0.1, 0.15) is 72.3 Å². The number of anilines is 6. The highest BCUT2D eigenvalue weighted by atomic mass is 19.2. The first kappa shape index (κ1) is 51.2. The Bertz CT molecular complexity index is 4540. The third kappa shape index (κ3) is 7.31. The van der Waals surface area contributed by atoms with E-state index in [-0.39, 0.29) is 11.4 Å². The molecule has 0 aliphatic heterocycles. The van der Waals surface area contributed by atoms with Crippen molar-refractivity contribution in [3.8, 4) is 33.4 Å². The maximum absolute atomic E-state index is 17.0. The molecule has 11 aromatic rings. The highest BCUT2D eigenvalue weighted by molar-refractivity contribution is 6.05. The minimum Gasteiger partial charge on any atom is -0.305 e. The van der Waals surface area contributed by atoms with Gasteiger partial charge in [-0.05, 0) is 177 Å². The van der Waals surface area contributed by atoms with E-state index in [9.17, 15) is 0 Å². The summed E-state index contributed by atoms with van der Waals surface area (Å²) < 4.78 is 99.2. The fraction of sp³-hybridized carbons (Fsp3) is 0.0667. The molecular weight excluding hydrogens is 1040 g/mol. The van der Waals surface area contributed by atoms with Crippen LogP contribution in [0.2, 0.25) is 0 Å². The molecule has 0 saturated heterocycles. The van der Waals surface area contributed by atoms with Gasteiger partial charge in [0.1, 0.15) is 23.0 Å². The molecule has 402 valence electrons. The summed E-state index contributed by atoms with van der Waals surface area (Å²) in [5.74, 6) is -7.46. The van der Waals surface area contributed by atoms with Gasteiger partial charge in [0, 0.05) is 22.6 Å². The van der Waals surface area contributed by atoms with Crippen LogP contribution in [0.25, 0.3) is 45.5 Å². The van der Waals surface area contributed by atoms with Gasteiger partial charge in [-0.2, -0.15) is 0 Å². The summed E-state index contributed by atoms with van der Waals surface area (Å²) in [6.07, 6.45) is 3.57. The van der Waals surface area contributed by atoms with Gasteiger partial charge in [-0.15, -0.1) is 0 Å². The molecule has 11 aromatic carbocycles. The molecule has 0 saturated carbocycles. The van der Waals surface area contributed by atoms with Crippen LogP contribution < -0.4 is 9.80 Å². The Morgan fingerprint density at radius 3 is 1.41 bits per heavy atom. The van der Waals surface area contributed by atoms with E-state index >= 15 is 26.3 Å². The van der Waals surface area contributed by atoms with E-state index in [0.717, 1.165) is 124 Å². The van der Waals surface area contributed by atoms with Crippen molar-refractivity contribution in [2.24, 2.45) is 0 Å². The second-order valence-electron chi connectivity index (χ2n) is 21.8. The lowest BCUT2D eigenvalue weighted by atomic mass is 9.66. The Morgan fingerprint density at radius 1 is 0.361 bits per heavy atom. The van der Waals surface area contributed by atoms with Crippen LogP contribution >= 0.6 is 0 Å². The minimum absolute atomic E-state index is 0.178. The van der Waals surface area contributed by atoms with Gasteiger partial charge in [-0.3, -0.25) is 0 Å². The topological polar surface area (TPSA) is 6.48 Å². The molecule has 3 aliphatic rings. The number of hydrogen-bond acceptors (Lipinski definition) is 2. The van der Waals surface area contributed by atoms with E-state index in [0.29, 0.717) is 16.9 Å². The molecule has 0 N–H and O–H groups in total. The van der Waals surface area contributed by atoms with Crippen LogP contribution in [0.5, 0.6) is 0 Å². The Labute approximate surface area is 477 Å². The first-order valence-electron chi connectivity index (χ1n) is 27.4. The predicted octanol–water partition coefficient (Wildman–Crippen LogP) is 20.4. The van der Waals surface area contributed by atoms with Crippen molar-refractivity contribution in [1.82, 2.24) is 0 Å². The van der Waals surface area contributed by atoms with E-state index < -0.39 is 57.1 Å². The van der Waals surface area contributed by atoms with E-state index in [2.05, 4.69) is 92.9 Å². The standard InChI is InChI=1S/C75H50F6N2/c1-6-46-19-23-48(24-20-46)74(60-40-43(3)16-18-45(60)5)58-14-10-8-12-53(58)55-33-31-52(42-62(55)74)82(72-65(78)37-35-63(76)70(72)80)50-27-29-51(30-28-50)83(73-66(79)38-36-64(77)71(73)81)67-39-34-56-54-13-9-11-15-59(54)75(49-25-21-47(7-2)22-26-49)61-41-44(4)17-32-57(61)68(67)69(56)75/h6-42H,1-2H2,3-5H3. The highest BCUT2D eigenvalue weighted by Gasteiger charge is 2.54. The first-order chi connectivity index (χ1) is 40.3. The molecule has 2 nitrogen and oxygen atoms in total. The molecule has 0 spiro atoms. The molecule has 83 heavy (non-hydrogen) atoms. The normalized spacial score (nSPS) is 15.7. The minimum atomic E-state index is -1.43. The molecule has 0 heterocycles. The number of aryl methyl sites for hydroxylation is 3. The van der Waals surface area contributed by atoms with Crippen molar-refractivity contribution in [2.75, 3.05) is 9.80 Å². The summed E-state index contributed by atoms with van der Waals surface area (Å²) in [5.41, 5.74) is 15.6. The van der Waals surface area contributed by atoms with Gasteiger partial charge in [0.2, 0.25) is 0 Å². The van der Waals surface area contributed by atoms with Crippen LogP contribution in [-0.2, 0) is 10.8 Å². The average Bonchev–Trinajstić information content (AvgIpc) is 1.55. The third-order valence-electron chi connectivity index (χ3n) is 17.4. The van der Waals surface area contributed by atoms with Gasteiger partial charge >= 0.3 is 0 Å². The largest absolute Gasteiger partial charge is 0.305 e. The summed E-state index contributed by atoms with van der Waals surface area (Å²) in [5, 5.41) is 0. The first-order valence-corrected chi connectivity index (χ1v) is 27.4. The number of hydrogen-bond donors (Lipinski definition) is 0. The average molecular weight is 1090 g/mol. The van der Waals surface area contributed by atoms with Gasteiger partial charge in [0.15, 0.2) is 23.3 Å². The summed E-state index contributed by atoms with van der Waals surface area (Å²) in [6.45, 7) is 14.2. The lowest BCUT2D eigenvalue weighted by Gasteiger charge is -2.36. The monoisotopic (exact) mass is 1090 g/mol. The predicted molar refractivity (Wildman–Crippen MR) is 324 cm³/mol. The molecular formula is C75H50F6N2. The van der Waals surface area contributed by atoms with Crippen molar-refractivity contribution >= 4 is 46.3 Å². The maximum atomic E-state index is 17.0. The van der Waals surface area contributed by atoms with Crippen molar-refractivity contribution < 1.29 is 26.3 Å². The maximum Gasteiger partial charge on any atom is 0.185 e. The third-order valence-corrected chi connectivity index (χ3v) is 17.4. The van der Waals surface area contributed by atoms with Crippen LogP contribution in [-0.4, -0.2) is 0 Å². The number of fused-ring (bicyclic) bond motifs is 9. The molecule has 0 radical (unpaired) electrons. The molecule has 2 unspecified atom stereocenters. The van der Waals surface area contributed by atoms with Gasteiger partial charge in [0.05, 0.1) is 16.5 Å². The number of nitrogens with zero attached hydrogens (tertiary/aromatic N) is 2. The SMILES string of the molecule is C=Cc1ccc(C2(c3cc(C)ccc3C)c3ccccc3-c3ccc(N(c4ccc(N(c5ccc6c7c5-c5ccc(C)cc5C7(c5ccc(C=C)cc5)c5ccccc5-6)c5c(F)ccc(F)c5F)cc4)c4c(F)ccc(F)c4F)cc32)cc1. The van der Waals surface area contributed by atoms with Crippen molar-refractivity contribution in [1.29, 1.82) is 0 Å². The molecule has 0 fully saturated rings. The fourth-order valence-electron chi connectivity index (χ4n) is 13.8. The van der Waals surface area contributed by atoms with Gasteiger partial charge in [-0.25, -0.2) is 26.3 Å². The summed E-state index contributed by atoms with van der Waals surface area (Å²) in [4.78, 5) is 2.72. The molecule has 2 atom stereocenters. The van der Waals surface area contributed by atoms with Crippen molar-refractivity contribution in [3.05, 3.63) is 333 Å². The van der Waals surface area contributed by atoms with Gasteiger partial charge in [-0.1, -0.05) is 182 Å². The van der Waals surface area contributed by atoms with Gasteiger partial charge < -0.3 is 9.80 Å². The lowest BCUT2D eigenvalue weighted by Crippen LogP contribution is -2.30. The quantitative estimate of drug-likeness (QED) is 0.0941. The molecule has 0 amide bonds. The second kappa shape index (κ2) is 19.1. The van der Waals surface area contributed by atoms with Crippen LogP contribution in [0, 0.1) is 55.7 Å². The molecule has 0 aromatic heterocycles. The van der Waals surface area contributed by atoms with Crippen LogP contribution in [0.4, 0.5) is 60.5 Å². The highest BCUT2D eigenvalue weighted by Crippen LogP contribution is 2.67. The molecule has 3 aliphatic carbocycles. The summed E-state index contributed by atoms with van der Waals surface area (Å²) in [6, 6.07) is 64.4. The molecule has 8 heteroatoms. The van der Waals surface area contributed by atoms with E-state index in [1.54, 1.807) is 42.5 Å². The van der Waals surface area contributed by atoms with Crippen molar-refractivity contribution in [3.63, 3.8) is 0 Å².